The molecule has 12 heteroatoms. The maximum Gasteiger partial charge on any atom is 0.345 e. The third kappa shape index (κ3) is 6.24. The van der Waals surface area contributed by atoms with Crippen molar-refractivity contribution in [1.82, 2.24) is 30.0 Å². The van der Waals surface area contributed by atoms with Crippen molar-refractivity contribution in [2.24, 2.45) is 0 Å². The number of amides is 2. The Kier molecular flexibility index (Phi) is 7.83. The molecule has 4 aromatic rings. The number of anilines is 3. The number of nitrogens with zero attached hydrogens (tertiary/aromatic N) is 5. The van der Waals surface area contributed by atoms with Gasteiger partial charge in [-0.25, -0.2) is 38.6 Å². The molecule has 0 radical (unpaired) electrons. The second-order valence-corrected chi connectivity index (χ2v) is 8.80. The molecule has 1 aliphatic heterocycles. The highest BCUT2D eigenvalue weighted by molar-refractivity contribution is 5.92. The molecule has 0 spiro atoms. The van der Waals surface area contributed by atoms with Crippen molar-refractivity contribution in [3.63, 3.8) is 0 Å². The van der Waals surface area contributed by atoms with E-state index in [-0.39, 0.29) is 6.03 Å². The van der Waals surface area contributed by atoms with Gasteiger partial charge in [-0.05, 0) is 55.3 Å². The molecule has 3 N–H and O–H groups in total. The van der Waals surface area contributed by atoms with Crippen LogP contribution in [0.25, 0.3) is 22.4 Å². The van der Waals surface area contributed by atoms with Gasteiger partial charge in [0, 0.05) is 29.6 Å². The number of fused-ring (bicyclic) bond motifs is 1. The highest BCUT2D eigenvalue weighted by atomic mass is 19.1. The number of hydroxylamine groups is 2. The number of benzene rings is 1. The lowest BCUT2D eigenvalue weighted by molar-refractivity contribution is -0.0614. The number of aromatic nitrogens is 5. The zero-order valence-electron chi connectivity index (χ0n) is 21.1. The van der Waals surface area contributed by atoms with E-state index in [0.717, 1.165) is 34.8 Å². The predicted octanol–water partition coefficient (Wildman–Crippen LogP) is 5.77. The molecule has 4 heterocycles. The van der Waals surface area contributed by atoms with Crippen LogP contribution in [0.3, 0.4) is 0 Å². The Morgan fingerprint density at radius 1 is 1.21 bits per heavy atom. The van der Waals surface area contributed by atoms with Gasteiger partial charge >= 0.3 is 6.03 Å². The van der Waals surface area contributed by atoms with Crippen LogP contribution in [0.5, 0.6) is 0 Å². The van der Waals surface area contributed by atoms with E-state index in [4.69, 9.17) is 4.84 Å². The second-order valence-electron chi connectivity index (χ2n) is 8.80. The third-order valence-electron chi connectivity index (χ3n) is 5.99. The molecular weight excluding hydrogens is 506 g/mol. The highest BCUT2D eigenvalue weighted by Gasteiger charge is 2.20. The lowest BCUT2D eigenvalue weighted by atomic mass is 10.1. The molecule has 2 aliphatic rings. The maximum absolute atomic E-state index is 12.3. The van der Waals surface area contributed by atoms with Crippen molar-refractivity contribution < 1.29 is 18.4 Å². The summed E-state index contributed by atoms with van der Waals surface area (Å²) in [5.41, 5.74) is 5.30. The van der Waals surface area contributed by atoms with Gasteiger partial charge in [-0.1, -0.05) is 12.1 Å². The van der Waals surface area contributed by atoms with Gasteiger partial charge in [0.25, 0.3) is 0 Å². The summed E-state index contributed by atoms with van der Waals surface area (Å²) in [6.07, 6.45) is 8.55. The number of hydrogen-bond donors (Lipinski definition) is 3. The number of carbonyl (C=O) groups excluding carboxylic acids is 1. The van der Waals surface area contributed by atoms with E-state index in [1.165, 1.54) is 23.5 Å². The molecule has 1 unspecified atom stereocenters. The van der Waals surface area contributed by atoms with Gasteiger partial charge in [0.05, 0.1) is 19.5 Å². The van der Waals surface area contributed by atoms with E-state index in [9.17, 15) is 13.6 Å². The molecule has 1 saturated heterocycles. The van der Waals surface area contributed by atoms with Crippen molar-refractivity contribution in [2.75, 3.05) is 23.8 Å². The highest BCUT2D eigenvalue weighted by Crippen LogP contribution is 2.32. The summed E-state index contributed by atoms with van der Waals surface area (Å²) in [5.74, 6) is 0.162. The predicted molar refractivity (Wildman–Crippen MR) is 144 cm³/mol. The Bertz CT molecular complexity index is 1530. The largest absolute Gasteiger partial charge is 0.345 e. The van der Waals surface area contributed by atoms with Gasteiger partial charge < -0.3 is 15.6 Å². The number of aromatic amines is 1. The molecule has 0 bridgehead atoms. The van der Waals surface area contributed by atoms with Crippen molar-refractivity contribution in [2.45, 2.75) is 25.9 Å². The van der Waals surface area contributed by atoms with Crippen LogP contribution in [0, 0.1) is 6.92 Å². The fourth-order valence-corrected chi connectivity index (χ4v) is 4.03. The molecule has 1 aromatic carbocycles. The lowest BCUT2D eigenvalue weighted by Crippen LogP contribution is -2.31. The summed E-state index contributed by atoms with van der Waals surface area (Å²) in [5, 5.41) is 7.59. The maximum atomic E-state index is 12.3. The summed E-state index contributed by atoms with van der Waals surface area (Å²) in [6, 6.07) is 9.16. The number of hydrogen-bond acceptors (Lipinski definition) is 7. The number of allylic oxidation sites excluding steroid dienone is 4. The molecule has 39 heavy (non-hydrogen) atoms. The number of rotatable bonds is 4. The Labute approximate surface area is 222 Å². The lowest BCUT2D eigenvalue weighted by Gasteiger charge is -2.17. The van der Waals surface area contributed by atoms with Gasteiger partial charge in [0.15, 0.2) is 5.65 Å². The van der Waals surface area contributed by atoms with Crippen molar-refractivity contribution >= 4 is 34.4 Å². The zero-order chi connectivity index (χ0) is 27.2. The minimum atomic E-state index is -1.11. The van der Waals surface area contributed by atoms with Crippen LogP contribution in [0.2, 0.25) is 0 Å². The van der Waals surface area contributed by atoms with Crippen LogP contribution in [-0.4, -0.2) is 55.3 Å². The first-order chi connectivity index (χ1) is 19.0. The molecule has 1 fully saturated rings. The van der Waals surface area contributed by atoms with E-state index >= 15 is 0 Å². The second kappa shape index (κ2) is 11.8. The molecule has 1 atom stereocenters. The topological polar surface area (TPSA) is 121 Å². The first-order valence-electron chi connectivity index (χ1n) is 12.3. The van der Waals surface area contributed by atoms with Crippen LogP contribution in [0.4, 0.5) is 30.8 Å². The quantitative estimate of drug-likeness (QED) is 0.305. The Balaban J connectivity index is 0.000000332. The van der Waals surface area contributed by atoms with E-state index in [2.05, 4.69) is 35.6 Å². The molecule has 10 nitrogen and oxygen atoms in total. The van der Waals surface area contributed by atoms with E-state index in [0.29, 0.717) is 42.4 Å². The van der Waals surface area contributed by atoms with Crippen molar-refractivity contribution in [1.29, 1.82) is 0 Å². The minimum absolute atomic E-state index is 0.284. The first-order valence-corrected chi connectivity index (χ1v) is 12.3. The summed E-state index contributed by atoms with van der Waals surface area (Å²) < 4.78 is 24.0. The summed E-state index contributed by atoms with van der Waals surface area (Å²) in [7, 11) is 0. The molecule has 0 saturated carbocycles. The summed E-state index contributed by atoms with van der Waals surface area (Å²) in [4.78, 5) is 38.1. The smallest absolute Gasteiger partial charge is 0.341 e. The Morgan fingerprint density at radius 3 is 2.87 bits per heavy atom. The Morgan fingerprint density at radius 2 is 2.10 bits per heavy atom. The number of nitrogens with one attached hydrogen (secondary N) is 3. The monoisotopic (exact) mass is 532 g/mol. The molecule has 2 amide bonds. The van der Waals surface area contributed by atoms with E-state index < -0.39 is 12.0 Å². The number of halogens is 2. The number of carbonyl (C=O) groups is 1. The molecule has 6 rings (SSSR count). The third-order valence-corrected chi connectivity index (χ3v) is 5.99. The number of imidazole rings is 1. The fraction of sp³-hybridized carbons (Fsp3) is 0.222. The van der Waals surface area contributed by atoms with Crippen LogP contribution >= 0.6 is 0 Å². The zero-order valence-corrected chi connectivity index (χ0v) is 21.1. The van der Waals surface area contributed by atoms with E-state index in [1.54, 1.807) is 12.5 Å². The average molecular weight is 533 g/mol. The van der Waals surface area contributed by atoms with E-state index in [1.807, 2.05) is 37.3 Å². The SMILES string of the molecule is Cc1ccc(NC(=O)N2CCCO2)cc1Nc1ncccc1-c1ncnc2nc[nH]c12.FC1=CC(F)CC=C1. The van der Waals surface area contributed by atoms with Gasteiger partial charge in [-0.2, -0.15) is 0 Å². The van der Waals surface area contributed by atoms with Gasteiger partial charge in [0.2, 0.25) is 0 Å². The van der Waals surface area contributed by atoms with Crippen molar-refractivity contribution in [3.8, 4) is 11.3 Å². The summed E-state index contributed by atoms with van der Waals surface area (Å²) in [6.45, 7) is 3.13. The number of H-pyrrole nitrogens is 1. The Hall–Kier alpha value is -4.71. The van der Waals surface area contributed by atoms with Crippen LogP contribution < -0.4 is 10.6 Å². The molecule has 1 aliphatic carbocycles. The summed E-state index contributed by atoms with van der Waals surface area (Å²) >= 11 is 0. The molecule has 3 aromatic heterocycles. The first kappa shape index (κ1) is 25.9. The number of urea groups is 1. The normalized spacial score (nSPS) is 16.4. The van der Waals surface area contributed by atoms with Crippen LogP contribution in [-0.2, 0) is 4.84 Å². The van der Waals surface area contributed by atoms with Crippen LogP contribution in [0.15, 0.2) is 73.2 Å². The minimum Gasteiger partial charge on any atom is -0.341 e. The van der Waals surface area contributed by atoms with Crippen LogP contribution in [0.1, 0.15) is 18.4 Å². The molecular formula is C27H26F2N8O2. The standard InChI is InChI=1S/C21H20N8O2.C6H6F2/c1-13-5-6-14(27-21(30)29-8-3-9-31-29)10-16(13)28-19-15(4-2-7-22-19)17-18-20(25-11-23-17)26-12-24-18;7-5-2-1-3-6(8)4-5/h2,4-7,10-12H,3,8-9H2,1H3,(H,22,28)(H,27,30)(H,23,24,25,26);1-2,4,6H,3H2. The number of pyridine rings is 1. The average Bonchev–Trinajstić information content (AvgIpc) is 3.64. The number of alkyl halides is 1. The van der Waals surface area contributed by atoms with Gasteiger partial charge in [0.1, 0.15) is 35.4 Å². The van der Waals surface area contributed by atoms with Crippen molar-refractivity contribution in [3.05, 3.63) is 78.8 Å². The van der Waals surface area contributed by atoms with Gasteiger partial charge in [-0.3, -0.25) is 4.84 Å². The van der Waals surface area contributed by atoms with Gasteiger partial charge in [-0.15, -0.1) is 0 Å². The fourth-order valence-electron chi connectivity index (χ4n) is 4.03. The number of aryl methyl sites for hydroxylation is 1. The molecule has 200 valence electrons.